The van der Waals surface area contributed by atoms with Gasteiger partial charge in [0.1, 0.15) is 5.75 Å². The molecule has 9 nitrogen and oxygen atoms in total. The van der Waals surface area contributed by atoms with E-state index in [0.717, 1.165) is 63.5 Å². The number of nitrogens with one attached hydrogen (secondary N) is 1. The smallest absolute Gasteiger partial charge is 0.314 e. The predicted octanol–water partition coefficient (Wildman–Crippen LogP) is 5.59. The minimum Gasteiger partial charge on any atom is -0.497 e. The molecule has 3 aromatic rings. The van der Waals surface area contributed by atoms with Crippen LogP contribution >= 0.6 is 0 Å². The van der Waals surface area contributed by atoms with Crippen molar-refractivity contribution in [2.24, 2.45) is 5.41 Å². The third kappa shape index (κ3) is 4.78. The molecule has 0 unspecified atom stereocenters. The molecule has 0 spiro atoms. The third-order valence-electron chi connectivity index (χ3n) is 9.17. The highest BCUT2D eigenvalue weighted by atomic mass is 32.2. The van der Waals surface area contributed by atoms with Gasteiger partial charge in [0, 0.05) is 48.6 Å². The second-order valence-electron chi connectivity index (χ2n) is 11.7. The number of hydrogen-bond donors (Lipinski definition) is 1. The van der Waals surface area contributed by atoms with Gasteiger partial charge < -0.3 is 14.0 Å². The van der Waals surface area contributed by atoms with E-state index in [1.54, 1.807) is 19.2 Å². The molecule has 6 rings (SSSR count). The number of carbonyl (C=O) groups is 2. The van der Waals surface area contributed by atoms with Crippen LogP contribution in [-0.4, -0.2) is 57.0 Å². The molecule has 2 atom stereocenters. The van der Waals surface area contributed by atoms with Gasteiger partial charge in [-0.2, -0.15) is 12.7 Å². The highest BCUT2D eigenvalue weighted by molar-refractivity contribution is 7.87. The van der Waals surface area contributed by atoms with Gasteiger partial charge in [-0.05, 0) is 73.6 Å². The van der Waals surface area contributed by atoms with E-state index in [0.29, 0.717) is 25.5 Å². The van der Waals surface area contributed by atoms with Crippen LogP contribution in [0.15, 0.2) is 36.4 Å². The lowest BCUT2D eigenvalue weighted by Gasteiger charge is -2.24. The van der Waals surface area contributed by atoms with Gasteiger partial charge in [-0.1, -0.05) is 32.8 Å². The Morgan fingerprint density at radius 1 is 1.10 bits per heavy atom. The molecule has 1 amide bonds. The summed E-state index contributed by atoms with van der Waals surface area (Å²) in [5, 5.41) is 1.04. The van der Waals surface area contributed by atoms with Crippen LogP contribution in [0.2, 0.25) is 0 Å². The average molecular weight is 596 g/mol. The van der Waals surface area contributed by atoms with Crippen molar-refractivity contribution in [1.29, 1.82) is 0 Å². The number of esters is 1. The molecule has 2 aromatic carbocycles. The van der Waals surface area contributed by atoms with Crippen LogP contribution in [0, 0.1) is 5.41 Å². The Hall–Kier alpha value is -3.37. The Kier molecular flexibility index (Phi) is 7.91. The molecule has 0 bridgehead atoms. The summed E-state index contributed by atoms with van der Waals surface area (Å²) in [6.07, 6.45) is 6.36. The van der Waals surface area contributed by atoms with Crippen LogP contribution < -0.4 is 9.46 Å². The van der Waals surface area contributed by atoms with Gasteiger partial charge in [-0.25, -0.2) is 4.72 Å². The molecule has 10 heteroatoms. The molecule has 1 aromatic heterocycles. The van der Waals surface area contributed by atoms with Crippen molar-refractivity contribution in [2.75, 3.05) is 27.8 Å². The van der Waals surface area contributed by atoms with Gasteiger partial charge in [-0.3, -0.25) is 9.59 Å². The summed E-state index contributed by atoms with van der Waals surface area (Å²) in [5.41, 5.74) is 4.86. The Morgan fingerprint density at radius 3 is 2.50 bits per heavy atom. The lowest BCUT2D eigenvalue weighted by molar-refractivity contribution is -0.150. The maximum atomic E-state index is 13.5. The van der Waals surface area contributed by atoms with Gasteiger partial charge in [-0.15, -0.1) is 0 Å². The van der Waals surface area contributed by atoms with Gasteiger partial charge in [0.2, 0.25) is 0 Å². The number of benzene rings is 2. The van der Waals surface area contributed by atoms with Gasteiger partial charge >= 0.3 is 16.2 Å². The molecule has 0 saturated heterocycles. The van der Waals surface area contributed by atoms with Crippen molar-refractivity contribution in [1.82, 2.24) is 13.6 Å². The van der Waals surface area contributed by atoms with Crippen LogP contribution in [0.25, 0.3) is 22.2 Å². The first kappa shape index (κ1) is 30.1. The first-order valence-corrected chi connectivity index (χ1v) is 15.8. The number of ether oxygens (including phenoxy) is 2. The number of methoxy groups -OCH3 is 1. The van der Waals surface area contributed by atoms with Crippen molar-refractivity contribution in [3.63, 3.8) is 0 Å². The Labute approximate surface area is 248 Å². The molecule has 2 aliphatic carbocycles. The van der Waals surface area contributed by atoms with E-state index >= 15 is 0 Å². The third-order valence-corrected chi connectivity index (χ3v) is 10.6. The zero-order valence-electron chi connectivity index (χ0n) is 24.0. The molecule has 1 N–H and O–H groups in total. The molecule has 226 valence electrons. The highest BCUT2D eigenvalue weighted by Crippen LogP contribution is 2.66. The number of hydrogen-bond acceptors (Lipinski definition) is 6. The van der Waals surface area contributed by atoms with Gasteiger partial charge in [0.15, 0.2) is 0 Å². The molecule has 0 radical (unpaired) electrons. The fourth-order valence-corrected chi connectivity index (χ4v) is 7.49. The maximum absolute atomic E-state index is 13.5. The first-order valence-electron chi connectivity index (χ1n) is 14.4. The zero-order valence-corrected chi connectivity index (χ0v) is 24.8. The van der Waals surface area contributed by atoms with Crippen molar-refractivity contribution in [3.05, 3.63) is 53.1 Å². The van der Waals surface area contributed by atoms with Crippen molar-refractivity contribution in [3.8, 4) is 17.0 Å². The van der Waals surface area contributed by atoms with E-state index in [4.69, 9.17) is 9.47 Å². The molecular formula is C32H41N3O6S. The van der Waals surface area contributed by atoms with Crippen LogP contribution in [0.3, 0.4) is 0 Å². The summed E-state index contributed by atoms with van der Waals surface area (Å²) in [4.78, 5) is 26.7. The average Bonchev–Trinajstić information content (AvgIpc) is 3.63. The summed E-state index contributed by atoms with van der Waals surface area (Å²) in [6, 6.07) is 11.5. The summed E-state index contributed by atoms with van der Waals surface area (Å²) in [6.45, 7) is 2.55. The van der Waals surface area contributed by atoms with Gasteiger partial charge in [0.25, 0.3) is 5.91 Å². The molecule has 2 saturated carbocycles. The van der Waals surface area contributed by atoms with E-state index in [-0.39, 0.29) is 24.9 Å². The predicted molar refractivity (Wildman–Crippen MR) is 163 cm³/mol. The largest absolute Gasteiger partial charge is 0.497 e. The first-order chi connectivity index (χ1) is 19.6. The molecular weight excluding hydrogens is 554 g/mol. The van der Waals surface area contributed by atoms with E-state index in [1.807, 2.05) is 19.1 Å². The standard InChI is InChI=1S/C31H37N3O6S.CH4/c1-5-40-30(36)31-17-25(31)24-16-21(39-4)12-14-22(24)28-27(19-9-7-6-8-10-19)23-13-11-20(15-26(23)34(28)18-31)29(35)32-41(37,38)33(2)3;/h11-16,19,25H,5-10,17-18H2,1-4H3,(H,32,35);1H4/t25-,31-;/m0./s1. The number of fused-ring (bicyclic) bond motifs is 7. The molecule has 2 fully saturated rings. The fraction of sp³-hybridized carbons (Fsp3) is 0.500. The van der Waals surface area contributed by atoms with Crippen LogP contribution in [0.1, 0.15) is 86.2 Å². The minimum absolute atomic E-state index is 0. The van der Waals surface area contributed by atoms with Crippen LogP contribution in [0.4, 0.5) is 0 Å². The Balaban J connectivity index is 0.00000353. The summed E-state index contributed by atoms with van der Waals surface area (Å²) < 4.78 is 41.4. The van der Waals surface area contributed by atoms with Crippen molar-refractivity contribution in [2.45, 2.75) is 71.3 Å². The molecule has 2 heterocycles. The van der Waals surface area contributed by atoms with Crippen LogP contribution in [-0.2, 0) is 26.3 Å². The Bertz CT molecular complexity index is 1650. The van der Waals surface area contributed by atoms with Crippen LogP contribution in [0.5, 0.6) is 5.75 Å². The highest BCUT2D eigenvalue weighted by Gasteiger charge is 2.64. The Morgan fingerprint density at radius 2 is 1.83 bits per heavy atom. The quantitative estimate of drug-likeness (QED) is 0.357. The summed E-state index contributed by atoms with van der Waals surface area (Å²) in [7, 11) is 0.435. The molecule has 42 heavy (non-hydrogen) atoms. The number of aromatic nitrogens is 1. The summed E-state index contributed by atoms with van der Waals surface area (Å²) in [5.74, 6) is 0.187. The fourth-order valence-electron chi connectivity index (χ4n) is 6.95. The lowest BCUT2D eigenvalue weighted by Crippen LogP contribution is -2.39. The normalized spacial score (nSPS) is 21.4. The van der Waals surface area contributed by atoms with Gasteiger partial charge in [0.05, 0.1) is 24.8 Å². The van der Waals surface area contributed by atoms with E-state index in [1.165, 1.54) is 26.1 Å². The maximum Gasteiger partial charge on any atom is 0.314 e. The number of amides is 1. The molecule has 3 aliphatic rings. The van der Waals surface area contributed by atoms with Crippen molar-refractivity contribution >= 4 is 33.0 Å². The zero-order chi connectivity index (χ0) is 29.1. The minimum atomic E-state index is -3.96. The summed E-state index contributed by atoms with van der Waals surface area (Å²) >= 11 is 0. The second kappa shape index (κ2) is 11.0. The van der Waals surface area contributed by atoms with E-state index in [9.17, 15) is 18.0 Å². The van der Waals surface area contributed by atoms with E-state index < -0.39 is 21.5 Å². The number of carbonyl (C=O) groups excluding carboxylic acids is 2. The number of rotatable bonds is 7. The SMILES string of the molecule is C.CCOC(=O)[C@]12C[C@H]1c1cc(OC)ccc1-c1c(C3CCCCC3)c3ccc(C(=O)NS(=O)(=O)N(C)C)cc3n1C2. The van der Waals surface area contributed by atoms with E-state index in [2.05, 4.69) is 21.4 Å². The topological polar surface area (TPSA) is 107 Å². The van der Waals surface area contributed by atoms with Crippen molar-refractivity contribution < 1.29 is 27.5 Å². The number of nitrogens with zero attached hydrogens (tertiary/aromatic N) is 2. The second-order valence-corrected chi connectivity index (χ2v) is 13.6. The molecule has 1 aliphatic heterocycles. The monoisotopic (exact) mass is 595 g/mol. The lowest BCUT2D eigenvalue weighted by atomic mass is 9.81.